The van der Waals surface area contributed by atoms with E-state index in [9.17, 15) is 9.90 Å². The quantitative estimate of drug-likeness (QED) is 0.703. The Morgan fingerprint density at radius 3 is 2.67 bits per heavy atom. The van der Waals surface area contributed by atoms with Crippen LogP contribution in [0.5, 0.6) is 11.5 Å². The van der Waals surface area contributed by atoms with E-state index in [0.717, 1.165) is 28.3 Å². The van der Waals surface area contributed by atoms with Crippen molar-refractivity contribution in [2.75, 3.05) is 7.11 Å². The van der Waals surface area contributed by atoms with E-state index in [1.807, 2.05) is 48.9 Å². The second-order valence-corrected chi connectivity index (χ2v) is 6.43. The molecule has 0 spiro atoms. The summed E-state index contributed by atoms with van der Waals surface area (Å²) in [7, 11) is 1.63. The van der Waals surface area contributed by atoms with E-state index in [4.69, 9.17) is 4.74 Å². The Bertz CT molecular complexity index is 932. The average Bonchev–Trinajstić information content (AvgIpc) is 3.03. The predicted octanol–water partition coefficient (Wildman–Crippen LogP) is 3.31. The molecule has 3 aromatic rings. The van der Waals surface area contributed by atoms with Crippen LogP contribution in [0.4, 0.5) is 0 Å². The molecule has 1 atom stereocenters. The molecule has 0 unspecified atom stereocenters. The highest BCUT2D eigenvalue weighted by Gasteiger charge is 2.16. The molecule has 0 radical (unpaired) electrons. The summed E-state index contributed by atoms with van der Waals surface area (Å²) >= 11 is 0. The maximum atomic E-state index is 12.3. The number of methoxy groups -OCH3 is 1. The minimum Gasteiger partial charge on any atom is -0.508 e. The first-order chi connectivity index (χ1) is 13.0. The summed E-state index contributed by atoms with van der Waals surface area (Å²) in [6.07, 6.45) is 1.99. The first-order valence-electron chi connectivity index (χ1n) is 8.74. The molecule has 0 saturated carbocycles. The van der Waals surface area contributed by atoms with Crippen molar-refractivity contribution in [3.8, 4) is 17.2 Å². The summed E-state index contributed by atoms with van der Waals surface area (Å²) in [6, 6.07) is 14.2. The van der Waals surface area contributed by atoms with Gasteiger partial charge in [0.1, 0.15) is 11.5 Å². The SMILES string of the molecule is COc1ccc(-n2ncc([C@H](C)NC(=O)Cc3cccc(O)c3)c2C)cc1. The standard InChI is InChI=1S/C21H23N3O3/c1-14(23-21(26)12-16-5-4-6-18(25)11-16)20-13-22-24(15(20)2)17-7-9-19(27-3)10-8-17/h4-11,13-14,25H,12H2,1-3H3,(H,23,26)/t14-/m0/s1. The van der Waals surface area contributed by atoms with Crippen LogP contribution in [-0.2, 0) is 11.2 Å². The Morgan fingerprint density at radius 1 is 1.26 bits per heavy atom. The third-order valence-corrected chi connectivity index (χ3v) is 4.48. The van der Waals surface area contributed by atoms with E-state index < -0.39 is 0 Å². The minimum absolute atomic E-state index is 0.107. The van der Waals surface area contributed by atoms with Crippen molar-refractivity contribution >= 4 is 5.91 Å². The second kappa shape index (κ2) is 7.95. The van der Waals surface area contributed by atoms with E-state index in [-0.39, 0.29) is 24.1 Å². The summed E-state index contributed by atoms with van der Waals surface area (Å²) in [5.41, 5.74) is 3.61. The number of rotatable bonds is 6. The van der Waals surface area contributed by atoms with Crippen LogP contribution in [0, 0.1) is 6.92 Å². The number of aromatic hydroxyl groups is 1. The number of aromatic nitrogens is 2. The molecule has 3 rings (SSSR count). The van der Waals surface area contributed by atoms with Gasteiger partial charge in [0, 0.05) is 11.3 Å². The third-order valence-electron chi connectivity index (χ3n) is 4.48. The number of phenols is 1. The van der Waals surface area contributed by atoms with Gasteiger partial charge >= 0.3 is 0 Å². The molecule has 0 saturated heterocycles. The van der Waals surface area contributed by atoms with Gasteiger partial charge < -0.3 is 15.2 Å². The highest BCUT2D eigenvalue weighted by molar-refractivity contribution is 5.79. The Hall–Kier alpha value is -3.28. The first-order valence-corrected chi connectivity index (χ1v) is 8.74. The van der Waals surface area contributed by atoms with Crippen molar-refractivity contribution in [2.45, 2.75) is 26.3 Å². The Kier molecular flexibility index (Phi) is 5.45. The zero-order valence-corrected chi connectivity index (χ0v) is 15.6. The molecule has 0 aliphatic heterocycles. The van der Waals surface area contributed by atoms with Crippen molar-refractivity contribution < 1.29 is 14.6 Å². The highest BCUT2D eigenvalue weighted by Crippen LogP contribution is 2.22. The maximum absolute atomic E-state index is 12.3. The molecule has 0 aliphatic carbocycles. The summed E-state index contributed by atoms with van der Waals surface area (Å²) in [6.45, 7) is 3.91. The number of nitrogens with zero attached hydrogens (tertiary/aromatic N) is 2. The topological polar surface area (TPSA) is 76.4 Å². The Balaban J connectivity index is 1.70. The Labute approximate surface area is 158 Å². The van der Waals surface area contributed by atoms with Gasteiger partial charge in [-0.1, -0.05) is 12.1 Å². The van der Waals surface area contributed by atoms with Gasteiger partial charge in [-0.15, -0.1) is 0 Å². The molecule has 0 fully saturated rings. The maximum Gasteiger partial charge on any atom is 0.224 e. The van der Waals surface area contributed by atoms with Crippen molar-refractivity contribution in [3.05, 3.63) is 71.5 Å². The van der Waals surface area contributed by atoms with Gasteiger partial charge in [0.15, 0.2) is 0 Å². The monoisotopic (exact) mass is 365 g/mol. The van der Waals surface area contributed by atoms with Crippen LogP contribution in [0.15, 0.2) is 54.7 Å². The number of amides is 1. The molecule has 2 N–H and O–H groups in total. The van der Waals surface area contributed by atoms with Crippen molar-refractivity contribution in [1.82, 2.24) is 15.1 Å². The molecule has 1 heterocycles. The van der Waals surface area contributed by atoms with Crippen LogP contribution < -0.4 is 10.1 Å². The molecule has 6 nitrogen and oxygen atoms in total. The largest absolute Gasteiger partial charge is 0.508 e. The van der Waals surface area contributed by atoms with E-state index in [1.165, 1.54) is 0 Å². The second-order valence-electron chi connectivity index (χ2n) is 6.43. The van der Waals surface area contributed by atoms with E-state index in [2.05, 4.69) is 10.4 Å². The molecule has 27 heavy (non-hydrogen) atoms. The van der Waals surface area contributed by atoms with Gasteiger partial charge in [-0.2, -0.15) is 5.10 Å². The number of benzene rings is 2. The van der Waals surface area contributed by atoms with Crippen molar-refractivity contribution in [2.24, 2.45) is 0 Å². The van der Waals surface area contributed by atoms with E-state index >= 15 is 0 Å². The third kappa shape index (κ3) is 4.28. The number of carbonyl (C=O) groups excluding carboxylic acids is 1. The molecular weight excluding hydrogens is 342 g/mol. The average molecular weight is 365 g/mol. The number of phenolic OH excluding ortho intramolecular Hbond substituents is 1. The van der Waals surface area contributed by atoms with E-state index in [0.29, 0.717) is 0 Å². The number of ether oxygens (including phenoxy) is 1. The van der Waals surface area contributed by atoms with Crippen molar-refractivity contribution in [3.63, 3.8) is 0 Å². The summed E-state index contributed by atoms with van der Waals surface area (Å²) in [4.78, 5) is 12.3. The van der Waals surface area contributed by atoms with Crippen molar-refractivity contribution in [1.29, 1.82) is 0 Å². The fraction of sp³-hybridized carbons (Fsp3) is 0.238. The minimum atomic E-state index is -0.179. The van der Waals surface area contributed by atoms with Crippen LogP contribution in [0.1, 0.15) is 29.8 Å². The fourth-order valence-corrected chi connectivity index (χ4v) is 3.05. The van der Waals surface area contributed by atoms with Crippen LogP contribution >= 0.6 is 0 Å². The molecule has 2 aromatic carbocycles. The molecule has 6 heteroatoms. The Morgan fingerprint density at radius 2 is 2.00 bits per heavy atom. The molecule has 1 aromatic heterocycles. The normalized spacial score (nSPS) is 11.8. The fourth-order valence-electron chi connectivity index (χ4n) is 3.05. The van der Waals surface area contributed by atoms with Crippen LogP contribution in [-0.4, -0.2) is 27.9 Å². The molecule has 140 valence electrons. The van der Waals surface area contributed by atoms with Gasteiger partial charge in [-0.05, 0) is 55.8 Å². The van der Waals surface area contributed by atoms with Crippen LogP contribution in [0.25, 0.3) is 5.69 Å². The number of hydrogen-bond donors (Lipinski definition) is 2. The van der Waals surface area contributed by atoms with Gasteiger partial charge in [-0.25, -0.2) is 4.68 Å². The van der Waals surface area contributed by atoms with Gasteiger partial charge in [-0.3, -0.25) is 4.79 Å². The first kappa shape index (κ1) is 18.5. The van der Waals surface area contributed by atoms with Gasteiger partial charge in [0.25, 0.3) is 0 Å². The number of nitrogens with one attached hydrogen (secondary N) is 1. The number of carbonyl (C=O) groups is 1. The summed E-state index contributed by atoms with van der Waals surface area (Å²) < 4.78 is 7.03. The lowest BCUT2D eigenvalue weighted by atomic mass is 10.1. The zero-order chi connectivity index (χ0) is 19.4. The van der Waals surface area contributed by atoms with Gasteiger partial charge in [0.2, 0.25) is 5.91 Å². The van der Waals surface area contributed by atoms with E-state index in [1.54, 1.807) is 31.5 Å². The lowest BCUT2D eigenvalue weighted by molar-refractivity contribution is -0.121. The summed E-state index contributed by atoms with van der Waals surface area (Å²) in [5.74, 6) is 0.839. The zero-order valence-electron chi connectivity index (χ0n) is 15.6. The molecule has 1 amide bonds. The molecular formula is C21H23N3O3. The van der Waals surface area contributed by atoms with Crippen LogP contribution in [0.2, 0.25) is 0 Å². The lowest BCUT2D eigenvalue weighted by Gasteiger charge is -2.14. The highest BCUT2D eigenvalue weighted by atomic mass is 16.5. The molecule has 0 bridgehead atoms. The molecule has 0 aliphatic rings. The van der Waals surface area contributed by atoms with Crippen LogP contribution in [0.3, 0.4) is 0 Å². The lowest BCUT2D eigenvalue weighted by Crippen LogP contribution is -2.28. The smallest absolute Gasteiger partial charge is 0.224 e. The van der Waals surface area contributed by atoms with Gasteiger partial charge in [0.05, 0.1) is 31.5 Å². The summed E-state index contributed by atoms with van der Waals surface area (Å²) in [5, 5.41) is 17.0. The number of hydrogen-bond acceptors (Lipinski definition) is 4. The predicted molar refractivity (Wildman–Crippen MR) is 103 cm³/mol.